The molecule has 0 aliphatic rings. The Hall–Kier alpha value is -1.32. The van der Waals surface area contributed by atoms with Gasteiger partial charge in [0, 0.05) is 10.2 Å². The Bertz CT molecular complexity index is 551. The highest BCUT2D eigenvalue weighted by Gasteiger charge is 2.13. The molecule has 3 heteroatoms. The van der Waals surface area contributed by atoms with E-state index in [1.165, 1.54) is 11.1 Å². The lowest BCUT2D eigenvalue weighted by molar-refractivity contribution is 0.276. The van der Waals surface area contributed by atoms with Crippen LogP contribution in [-0.2, 0) is 0 Å². The molecule has 0 aromatic heterocycles. The summed E-state index contributed by atoms with van der Waals surface area (Å²) in [7, 11) is 0. The van der Waals surface area contributed by atoms with E-state index in [2.05, 4.69) is 47.2 Å². The van der Waals surface area contributed by atoms with Crippen molar-refractivity contribution in [3.8, 4) is 0 Å². The van der Waals surface area contributed by atoms with Crippen molar-refractivity contribution in [2.45, 2.75) is 19.9 Å². The fourth-order valence-corrected chi connectivity index (χ4v) is 2.38. The fourth-order valence-electron chi connectivity index (χ4n) is 2.12. The number of hydrogen-bond acceptors (Lipinski definition) is 2. The molecule has 0 bridgehead atoms. The van der Waals surface area contributed by atoms with Gasteiger partial charge in [0.2, 0.25) is 0 Å². The van der Waals surface area contributed by atoms with Crippen LogP contribution in [0.3, 0.4) is 0 Å². The standard InChI is InChI=1S/C16H18BrNO/c1-11-4-3-5-15(12(11)2)16(10-19)18-14-8-6-13(17)7-9-14/h3-9,16,18-19H,10H2,1-2H3. The van der Waals surface area contributed by atoms with Gasteiger partial charge in [-0.1, -0.05) is 34.1 Å². The number of nitrogens with one attached hydrogen (secondary N) is 1. The third-order valence-corrected chi connectivity index (χ3v) is 3.92. The molecule has 100 valence electrons. The summed E-state index contributed by atoms with van der Waals surface area (Å²) in [4.78, 5) is 0. The quantitative estimate of drug-likeness (QED) is 0.884. The molecular formula is C16H18BrNO. The van der Waals surface area contributed by atoms with Gasteiger partial charge < -0.3 is 10.4 Å². The van der Waals surface area contributed by atoms with Gasteiger partial charge in [-0.3, -0.25) is 0 Å². The summed E-state index contributed by atoms with van der Waals surface area (Å²) in [5.41, 5.74) is 4.62. The van der Waals surface area contributed by atoms with E-state index in [0.717, 1.165) is 15.7 Å². The molecular weight excluding hydrogens is 302 g/mol. The van der Waals surface area contributed by atoms with Gasteiger partial charge in [-0.15, -0.1) is 0 Å². The van der Waals surface area contributed by atoms with E-state index in [1.54, 1.807) is 0 Å². The number of hydrogen-bond donors (Lipinski definition) is 2. The van der Waals surface area contributed by atoms with Gasteiger partial charge in [0.15, 0.2) is 0 Å². The van der Waals surface area contributed by atoms with Crippen LogP contribution in [0.2, 0.25) is 0 Å². The molecule has 19 heavy (non-hydrogen) atoms. The first-order chi connectivity index (χ1) is 9.11. The van der Waals surface area contributed by atoms with E-state index in [1.807, 2.05) is 30.3 Å². The first-order valence-corrected chi connectivity index (χ1v) is 7.10. The van der Waals surface area contributed by atoms with Crippen LogP contribution in [0.15, 0.2) is 46.9 Å². The normalized spacial score (nSPS) is 12.2. The van der Waals surface area contributed by atoms with Crippen LogP contribution in [0.4, 0.5) is 5.69 Å². The number of rotatable bonds is 4. The van der Waals surface area contributed by atoms with Gasteiger partial charge in [-0.05, 0) is 54.8 Å². The molecule has 0 fully saturated rings. The minimum absolute atomic E-state index is 0.0698. The Labute approximate surface area is 122 Å². The van der Waals surface area contributed by atoms with Crippen LogP contribution in [0.5, 0.6) is 0 Å². The van der Waals surface area contributed by atoms with Crippen LogP contribution in [0.1, 0.15) is 22.7 Å². The summed E-state index contributed by atoms with van der Waals surface area (Å²) in [6.45, 7) is 4.25. The number of benzene rings is 2. The Kier molecular flexibility index (Phi) is 4.61. The van der Waals surface area contributed by atoms with Crippen LogP contribution >= 0.6 is 15.9 Å². The van der Waals surface area contributed by atoms with Gasteiger partial charge >= 0.3 is 0 Å². The maximum absolute atomic E-state index is 9.64. The Balaban J connectivity index is 2.25. The maximum Gasteiger partial charge on any atom is 0.0747 e. The lowest BCUT2D eigenvalue weighted by atomic mass is 9.97. The lowest BCUT2D eigenvalue weighted by Gasteiger charge is -2.21. The predicted molar refractivity (Wildman–Crippen MR) is 83.5 cm³/mol. The second kappa shape index (κ2) is 6.22. The minimum Gasteiger partial charge on any atom is -0.394 e. The number of aryl methyl sites for hydroxylation is 1. The van der Waals surface area contributed by atoms with Crippen molar-refractivity contribution in [1.29, 1.82) is 0 Å². The first-order valence-electron chi connectivity index (χ1n) is 6.31. The monoisotopic (exact) mass is 319 g/mol. The van der Waals surface area contributed by atoms with Crippen LogP contribution in [-0.4, -0.2) is 11.7 Å². The molecule has 2 aromatic carbocycles. The third-order valence-electron chi connectivity index (χ3n) is 3.39. The molecule has 2 rings (SSSR count). The zero-order chi connectivity index (χ0) is 13.8. The summed E-state index contributed by atoms with van der Waals surface area (Å²) in [5.74, 6) is 0. The molecule has 2 N–H and O–H groups in total. The summed E-state index contributed by atoms with van der Waals surface area (Å²) in [6, 6.07) is 14.1. The van der Waals surface area contributed by atoms with Crippen molar-refractivity contribution < 1.29 is 5.11 Å². The van der Waals surface area contributed by atoms with Crippen molar-refractivity contribution in [1.82, 2.24) is 0 Å². The molecule has 0 spiro atoms. The second-order valence-corrected chi connectivity index (χ2v) is 5.59. The molecule has 1 atom stereocenters. The molecule has 0 heterocycles. The number of anilines is 1. The van der Waals surface area contributed by atoms with E-state index in [-0.39, 0.29) is 12.6 Å². The molecule has 0 saturated carbocycles. The van der Waals surface area contributed by atoms with E-state index in [0.29, 0.717) is 0 Å². The highest BCUT2D eigenvalue weighted by Crippen LogP contribution is 2.24. The Morgan fingerprint density at radius 2 is 1.79 bits per heavy atom. The molecule has 0 aliphatic heterocycles. The largest absolute Gasteiger partial charge is 0.394 e. The van der Waals surface area contributed by atoms with E-state index in [4.69, 9.17) is 0 Å². The number of aliphatic hydroxyl groups excluding tert-OH is 1. The summed E-state index contributed by atoms with van der Waals surface area (Å²) in [6.07, 6.45) is 0. The van der Waals surface area contributed by atoms with Gasteiger partial charge in [-0.2, -0.15) is 0 Å². The van der Waals surface area contributed by atoms with Crippen molar-refractivity contribution >= 4 is 21.6 Å². The molecule has 0 saturated heterocycles. The lowest BCUT2D eigenvalue weighted by Crippen LogP contribution is -2.16. The molecule has 1 unspecified atom stereocenters. The van der Waals surface area contributed by atoms with Crippen molar-refractivity contribution in [2.75, 3.05) is 11.9 Å². The van der Waals surface area contributed by atoms with Gasteiger partial charge in [0.05, 0.1) is 12.6 Å². The highest BCUT2D eigenvalue weighted by molar-refractivity contribution is 9.10. The molecule has 0 radical (unpaired) electrons. The van der Waals surface area contributed by atoms with Crippen molar-refractivity contribution in [2.24, 2.45) is 0 Å². The molecule has 0 aliphatic carbocycles. The van der Waals surface area contributed by atoms with Crippen molar-refractivity contribution in [3.05, 3.63) is 63.6 Å². The maximum atomic E-state index is 9.64. The summed E-state index contributed by atoms with van der Waals surface area (Å²) >= 11 is 3.42. The third kappa shape index (κ3) is 3.37. The second-order valence-electron chi connectivity index (χ2n) is 4.68. The summed E-state index contributed by atoms with van der Waals surface area (Å²) in [5, 5.41) is 13.0. The molecule has 2 nitrogen and oxygen atoms in total. The zero-order valence-corrected chi connectivity index (χ0v) is 12.7. The fraction of sp³-hybridized carbons (Fsp3) is 0.250. The highest BCUT2D eigenvalue weighted by atomic mass is 79.9. The topological polar surface area (TPSA) is 32.3 Å². The Morgan fingerprint density at radius 1 is 1.11 bits per heavy atom. The van der Waals surface area contributed by atoms with E-state index < -0.39 is 0 Å². The van der Waals surface area contributed by atoms with E-state index in [9.17, 15) is 5.11 Å². The minimum atomic E-state index is -0.0823. The van der Waals surface area contributed by atoms with Gasteiger partial charge in [-0.25, -0.2) is 0 Å². The Morgan fingerprint density at radius 3 is 2.42 bits per heavy atom. The zero-order valence-electron chi connectivity index (χ0n) is 11.2. The SMILES string of the molecule is Cc1cccc(C(CO)Nc2ccc(Br)cc2)c1C. The average molecular weight is 320 g/mol. The van der Waals surface area contributed by atoms with E-state index >= 15 is 0 Å². The van der Waals surface area contributed by atoms with Crippen LogP contribution in [0.25, 0.3) is 0 Å². The number of aliphatic hydroxyl groups is 1. The van der Waals surface area contributed by atoms with Crippen LogP contribution in [0, 0.1) is 13.8 Å². The predicted octanol–water partition coefficient (Wildman–Crippen LogP) is 4.21. The molecule has 0 amide bonds. The smallest absolute Gasteiger partial charge is 0.0747 e. The average Bonchev–Trinajstić information content (AvgIpc) is 2.42. The van der Waals surface area contributed by atoms with Gasteiger partial charge in [0.25, 0.3) is 0 Å². The van der Waals surface area contributed by atoms with Gasteiger partial charge in [0.1, 0.15) is 0 Å². The van der Waals surface area contributed by atoms with Crippen LogP contribution < -0.4 is 5.32 Å². The summed E-state index contributed by atoms with van der Waals surface area (Å²) < 4.78 is 1.05. The first kappa shape index (κ1) is 14.1. The molecule has 2 aromatic rings. The van der Waals surface area contributed by atoms with Crippen molar-refractivity contribution in [3.63, 3.8) is 0 Å². The number of halogens is 1.